The summed E-state index contributed by atoms with van der Waals surface area (Å²) < 4.78 is 1.92. The predicted octanol–water partition coefficient (Wildman–Crippen LogP) is 6.14. The Bertz CT molecular complexity index is 1240. The second kappa shape index (κ2) is 10.3. The molecule has 1 aromatic heterocycles. The average Bonchev–Trinajstić information content (AvgIpc) is 3.16. The Kier molecular flexibility index (Phi) is 7.06. The molecule has 0 aliphatic rings. The van der Waals surface area contributed by atoms with Crippen molar-refractivity contribution in [2.24, 2.45) is 0 Å². The summed E-state index contributed by atoms with van der Waals surface area (Å²) >= 11 is 0. The van der Waals surface area contributed by atoms with Crippen LogP contribution in [-0.4, -0.2) is 21.7 Å². The first kappa shape index (κ1) is 22.6. The van der Waals surface area contributed by atoms with E-state index in [0.717, 1.165) is 40.4 Å². The molecule has 0 saturated heterocycles. The van der Waals surface area contributed by atoms with Crippen LogP contribution in [-0.2, 0) is 19.5 Å². The highest BCUT2D eigenvalue weighted by Gasteiger charge is 2.22. The van der Waals surface area contributed by atoms with Gasteiger partial charge in [-0.3, -0.25) is 0 Å². The molecule has 1 atom stereocenters. The minimum Gasteiger partial charge on any atom is -0.477 e. The van der Waals surface area contributed by atoms with Gasteiger partial charge in [0.15, 0.2) is 0 Å². The zero-order valence-corrected chi connectivity index (χ0v) is 19.0. The smallest absolute Gasteiger partial charge is 0.352 e. The number of hydrogen-bond donors (Lipinski definition) is 2. The molecule has 4 nitrogen and oxygen atoms in total. The number of aromatic carboxylic acids is 1. The van der Waals surface area contributed by atoms with E-state index in [1.807, 2.05) is 59.2 Å². The molecule has 0 unspecified atom stereocenters. The van der Waals surface area contributed by atoms with E-state index in [9.17, 15) is 9.90 Å². The van der Waals surface area contributed by atoms with Gasteiger partial charge in [0.25, 0.3) is 0 Å². The van der Waals surface area contributed by atoms with Gasteiger partial charge in [-0.2, -0.15) is 0 Å². The standard InChI is InChI=1S/C29H30N2O2/c1-3-22-15-17-24(18-16-22)20-31-27-12-8-7-11-25(27)26(28(31)29(32)33)19-30-21(2)13-14-23-9-5-4-6-10-23/h3-12,15-18,21,30H,1,13-14,19-20H2,2H3,(H,32,33)/t21-/m1/s1. The third kappa shape index (κ3) is 5.24. The number of rotatable bonds is 10. The lowest BCUT2D eigenvalue weighted by Gasteiger charge is -2.15. The largest absolute Gasteiger partial charge is 0.477 e. The van der Waals surface area contributed by atoms with E-state index in [1.54, 1.807) is 6.08 Å². The Morgan fingerprint density at radius 1 is 1.00 bits per heavy atom. The van der Waals surface area contributed by atoms with E-state index in [0.29, 0.717) is 18.8 Å². The monoisotopic (exact) mass is 438 g/mol. The van der Waals surface area contributed by atoms with Crippen LogP contribution in [0.25, 0.3) is 17.0 Å². The summed E-state index contributed by atoms with van der Waals surface area (Å²) in [6.45, 7) is 6.98. The molecule has 0 bridgehead atoms. The van der Waals surface area contributed by atoms with Crippen LogP contribution in [0.2, 0.25) is 0 Å². The molecule has 4 rings (SSSR count). The number of nitrogens with one attached hydrogen (secondary N) is 1. The topological polar surface area (TPSA) is 54.3 Å². The van der Waals surface area contributed by atoms with Gasteiger partial charge in [-0.15, -0.1) is 0 Å². The van der Waals surface area contributed by atoms with Crippen molar-refractivity contribution in [1.82, 2.24) is 9.88 Å². The first-order valence-corrected chi connectivity index (χ1v) is 11.4. The normalized spacial score (nSPS) is 12.0. The summed E-state index contributed by atoms with van der Waals surface area (Å²) in [5.74, 6) is -0.900. The van der Waals surface area contributed by atoms with E-state index in [-0.39, 0.29) is 6.04 Å². The molecule has 0 aliphatic carbocycles. The van der Waals surface area contributed by atoms with Crippen LogP contribution in [0.15, 0.2) is 85.4 Å². The Labute approximate surface area is 195 Å². The summed E-state index contributed by atoms with van der Waals surface area (Å²) in [7, 11) is 0. The third-order valence-corrected chi connectivity index (χ3v) is 6.17. The minimum atomic E-state index is -0.900. The van der Waals surface area contributed by atoms with E-state index in [2.05, 4.69) is 43.1 Å². The van der Waals surface area contributed by atoms with Crippen molar-refractivity contribution in [2.75, 3.05) is 0 Å². The summed E-state index contributed by atoms with van der Waals surface area (Å²) in [6.07, 6.45) is 3.78. The van der Waals surface area contributed by atoms with Gasteiger partial charge in [0, 0.05) is 35.6 Å². The average molecular weight is 439 g/mol. The number of carboxylic acid groups (broad SMARTS) is 1. The quantitative estimate of drug-likeness (QED) is 0.313. The molecule has 0 amide bonds. The maximum absolute atomic E-state index is 12.4. The molecular weight excluding hydrogens is 408 g/mol. The second-order valence-electron chi connectivity index (χ2n) is 8.49. The van der Waals surface area contributed by atoms with Crippen molar-refractivity contribution >= 4 is 22.9 Å². The lowest BCUT2D eigenvalue weighted by atomic mass is 10.1. The fourth-order valence-electron chi connectivity index (χ4n) is 4.31. The summed E-state index contributed by atoms with van der Waals surface area (Å²) in [5.41, 5.74) is 5.55. The number of carbonyl (C=O) groups is 1. The van der Waals surface area contributed by atoms with Gasteiger partial charge in [0.05, 0.1) is 0 Å². The van der Waals surface area contributed by atoms with Crippen LogP contribution >= 0.6 is 0 Å². The highest BCUT2D eigenvalue weighted by Crippen LogP contribution is 2.28. The molecule has 0 fully saturated rings. The SMILES string of the molecule is C=Cc1ccc(Cn2c(C(=O)O)c(CN[C@H](C)CCc3ccccc3)c3ccccc32)cc1. The van der Waals surface area contributed by atoms with E-state index in [1.165, 1.54) is 5.56 Å². The fraction of sp³-hybridized carbons (Fsp3) is 0.207. The first-order chi connectivity index (χ1) is 16.1. The van der Waals surface area contributed by atoms with Crippen molar-refractivity contribution < 1.29 is 9.90 Å². The molecule has 0 radical (unpaired) electrons. The molecule has 0 saturated carbocycles. The number of nitrogens with zero attached hydrogens (tertiary/aromatic N) is 1. The molecule has 2 N–H and O–H groups in total. The number of para-hydroxylation sites is 1. The number of carboxylic acids is 1. The number of aromatic nitrogens is 1. The van der Waals surface area contributed by atoms with Gasteiger partial charge in [-0.1, -0.05) is 85.5 Å². The van der Waals surface area contributed by atoms with Crippen molar-refractivity contribution in [3.63, 3.8) is 0 Å². The van der Waals surface area contributed by atoms with E-state index in [4.69, 9.17) is 0 Å². The van der Waals surface area contributed by atoms with Gasteiger partial charge in [0.1, 0.15) is 5.69 Å². The van der Waals surface area contributed by atoms with Crippen molar-refractivity contribution in [3.8, 4) is 0 Å². The Morgan fingerprint density at radius 2 is 1.70 bits per heavy atom. The van der Waals surface area contributed by atoms with Crippen molar-refractivity contribution in [3.05, 3.63) is 113 Å². The maximum Gasteiger partial charge on any atom is 0.352 e. The van der Waals surface area contributed by atoms with Crippen LogP contribution in [0.3, 0.4) is 0 Å². The van der Waals surface area contributed by atoms with Crippen molar-refractivity contribution in [2.45, 2.75) is 38.9 Å². The predicted molar refractivity (Wildman–Crippen MR) is 136 cm³/mol. The van der Waals surface area contributed by atoms with Crippen LogP contribution in [0.1, 0.15) is 46.1 Å². The highest BCUT2D eigenvalue weighted by atomic mass is 16.4. The molecule has 0 spiro atoms. The third-order valence-electron chi connectivity index (χ3n) is 6.17. The Balaban J connectivity index is 1.58. The maximum atomic E-state index is 12.4. The Morgan fingerprint density at radius 3 is 2.39 bits per heavy atom. The molecule has 4 aromatic rings. The summed E-state index contributed by atoms with van der Waals surface area (Å²) in [6, 6.07) is 26.7. The molecule has 1 heterocycles. The van der Waals surface area contributed by atoms with E-state index < -0.39 is 5.97 Å². The van der Waals surface area contributed by atoms with Gasteiger partial charge in [-0.25, -0.2) is 4.79 Å². The van der Waals surface area contributed by atoms with Crippen molar-refractivity contribution in [1.29, 1.82) is 0 Å². The molecule has 4 heteroatoms. The van der Waals surface area contributed by atoms with Gasteiger partial charge < -0.3 is 15.0 Å². The first-order valence-electron chi connectivity index (χ1n) is 11.4. The fourth-order valence-corrected chi connectivity index (χ4v) is 4.31. The highest BCUT2D eigenvalue weighted by molar-refractivity contribution is 5.98. The summed E-state index contributed by atoms with van der Waals surface area (Å²) in [4.78, 5) is 12.4. The van der Waals surface area contributed by atoms with E-state index >= 15 is 0 Å². The van der Waals surface area contributed by atoms with Gasteiger partial charge >= 0.3 is 5.97 Å². The molecule has 168 valence electrons. The Hall–Kier alpha value is -3.63. The number of aryl methyl sites for hydroxylation is 1. The number of benzene rings is 3. The lowest BCUT2D eigenvalue weighted by Crippen LogP contribution is -2.27. The minimum absolute atomic E-state index is 0.264. The van der Waals surface area contributed by atoms with Crippen LogP contribution < -0.4 is 5.32 Å². The molecular formula is C29H30N2O2. The summed E-state index contributed by atoms with van der Waals surface area (Å²) in [5, 5.41) is 14.7. The number of hydrogen-bond acceptors (Lipinski definition) is 2. The molecule has 33 heavy (non-hydrogen) atoms. The lowest BCUT2D eigenvalue weighted by molar-refractivity contribution is 0.0684. The second-order valence-corrected chi connectivity index (χ2v) is 8.49. The number of fused-ring (bicyclic) bond motifs is 1. The zero-order valence-electron chi connectivity index (χ0n) is 19.0. The van der Waals surface area contributed by atoms with Gasteiger partial charge in [-0.05, 0) is 42.5 Å². The zero-order chi connectivity index (χ0) is 23.2. The van der Waals surface area contributed by atoms with Crippen LogP contribution in [0, 0.1) is 0 Å². The van der Waals surface area contributed by atoms with Crippen LogP contribution in [0.4, 0.5) is 0 Å². The van der Waals surface area contributed by atoms with Crippen LogP contribution in [0.5, 0.6) is 0 Å². The van der Waals surface area contributed by atoms with Gasteiger partial charge in [0.2, 0.25) is 0 Å². The molecule has 0 aliphatic heterocycles. The molecule has 3 aromatic carbocycles.